The summed E-state index contributed by atoms with van der Waals surface area (Å²) in [5, 5.41) is 0. The summed E-state index contributed by atoms with van der Waals surface area (Å²) in [5.41, 5.74) is 2.55. The maximum absolute atomic E-state index is 12.1. The third kappa shape index (κ3) is 4.06. The number of hydrogen-bond donors (Lipinski definition) is 1. The first-order valence-electron chi connectivity index (χ1n) is 6.22. The lowest BCUT2D eigenvalue weighted by atomic mass is 9.89. The van der Waals surface area contributed by atoms with Crippen molar-refractivity contribution in [2.75, 3.05) is 13.1 Å². The fourth-order valence-electron chi connectivity index (χ4n) is 2.48. The van der Waals surface area contributed by atoms with E-state index in [2.05, 4.69) is 21.4 Å². The van der Waals surface area contributed by atoms with Gasteiger partial charge in [-0.05, 0) is 12.8 Å². The zero-order chi connectivity index (χ0) is 14.1. The molecule has 1 spiro atoms. The van der Waals surface area contributed by atoms with Crippen LogP contribution < -0.4 is 5.48 Å². The predicted molar refractivity (Wildman–Crippen MR) is 65.4 cm³/mol. The van der Waals surface area contributed by atoms with E-state index in [-0.39, 0.29) is 10.6 Å². The van der Waals surface area contributed by atoms with Crippen molar-refractivity contribution in [1.29, 1.82) is 0 Å². The molecule has 1 atom stereocenters. The quantitative estimate of drug-likeness (QED) is 0.617. The Morgan fingerprint density at radius 2 is 2.05 bits per heavy atom. The first kappa shape index (κ1) is 15.1. The van der Waals surface area contributed by atoms with Crippen molar-refractivity contribution < 1.29 is 22.8 Å². The van der Waals surface area contributed by atoms with Crippen LogP contribution in [0.3, 0.4) is 0 Å². The van der Waals surface area contributed by atoms with Gasteiger partial charge in [0, 0.05) is 25.9 Å². The summed E-state index contributed by atoms with van der Waals surface area (Å²) in [4.78, 5) is 18.8. The minimum Gasteiger partial charge on any atom is -0.342 e. The van der Waals surface area contributed by atoms with Crippen LogP contribution in [-0.4, -0.2) is 40.6 Å². The SMILES string of the molecule is O=C(CCC(F)(F)F)N1CCC2(CC1)CC(Br)NO2. The van der Waals surface area contributed by atoms with Gasteiger partial charge >= 0.3 is 6.18 Å². The molecule has 0 aromatic rings. The fourth-order valence-corrected chi connectivity index (χ4v) is 3.16. The number of nitrogens with one attached hydrogen (secondary N) is 1. The molecule has 1 amide bonds. The molecule has 19 heavy (non-hydrogen) atoms. The number of likely N-dealkylation sites (tertiary alicyclic amines) is 1. The van der Waals surface area contributed by atoms with E-state index < -0.39 is 24.9 Å². The van der Waals surface area contributed by atoms with Crippen LogP contribution in [-0.2, 0) is 9.63 Å². The summed E-state index contributed by atoms with van der Waals surface area (Å²) >= 11 is 3.40. The summed E-state index contributed by atoms with van der Waals surface area (Å²) in [7, 11) is 0. The van der Waals surface area contributed by atoms with Crippen LogP contribution in [0.15, 0.2) is 0 Å². The number of carbonyl (C=O) groups is 1. The van der Waals surface area contributed by atoms with Crippen molar-refractivity contribution in [3.63, 3.8) is 0 Å². The fraction of sp³-hybridized carbons (Fsp3) is 0.909. The first-order valence-corrected chi connectivity index (χ1v) is 7.13. The molecule has 2 heterocycles. The second kappa shape index (κ2) is 5.57. The van der Waals surface area contributed by atoms with Crippen molar-refractivity contribution in [2.45, 2.75) is 48.8 Å². The molecule has 1 unspecified atom stereocenters. The topological polar surface area (TPSA) is 41.6 Å². The van der Waals surface area contributed by atoms with Gasteiger partial charge in [-0.15, -0.1) is 0 Å². The monoisotopic (exact) mass is 344 g/mol. The zero-order valence-corrected chi connectivity index (χ0v) is 11.9. The van der Waals surface area contributed by atoms with E-state index in [1.165, 1.54) is 4.90 Å². The van der Waals surface area contributed by atoms with Gasteiger partial charge in [0.15, 0.2) is 0 Å². The smallest absolute Gasteiger partial charge is 0.342 e. The van der Waals surface area contributed by atoms with Crippen molar-refractivity contribution in [3.05, 3.63) is 0 Å². The van der Waals surface area contributed by atoms with E-state index in [9.17, 15) is 18.0 Å². The maximum atomic E-state index is 12.1. The molecule has 8 heteroatoms. The van der Waals surface area contributed by atoms with Crippen LogP contribution in [0.2, 0.25) is 0 Å². The van der Waals surface area contributed by atoms with Crippen LogP contribution in [0.5, 0.6) is 0 Å². The van der Waals surface area contributed by atoms with Gasteiger partial charge in [-0.1, -0.05) is 15.9 Å². The third-order valence-corrected chi connectivity index (χ3v) is 4.11. The van der Waals surface area contributed by atoms with Gasteiger partial charge in [-0.25, -0.2) is 0 Å². The summed E-state index contributed by atoms with van der Waals surface area (Å²) < 4.78 is 36.2. The third-order valence-electron chi connectivity index (χ3n) is 3.60. The summed E-state index contributed by atoms with van der Waals surface area (Å²) in [6, 6.07) is 0. The van der Waals surface area contributed by atoms with E-state index in [1.54, 1.807) is 0 Å². The number of alkyl halides is 4. The molecule has 2 aliphatic rings. The molecule has 1 N–H and O–H groups in total. The van der Waals surface area contributed by atoms with Gasteiger partial charge in [0.05, 0.1) is 17.0 Å². The molecule has 0 bridgehead atoms. The molecule has 2 aliphatic heterocycles. The molecule has 0 aliphatic carbocycles. The van der Waals surface area contributed by atoms with Crippen molar-refractivity contribution in [3.8, 4) is 0 Å². The molecule has 0 aromatic heterocycles. The number of nitrogens with zero attached hydrogens (tertiary/aromatic N) is 1. The molecule has 110 valence electrons. The maximum Gasteiger partial charge on any atom is 0.389 e. The van der Waals surface area contributed by atoms with Crippen LogP contribution in [0.1, 0.15) is 32.1 Å². The van der Waals surface area contributed by atoms with Crippen LogP contribution >= 0.6 is 15.9 Å². The van der Waals surface area contributed by atoms with Crippen LogP contribution in [0.25, 0.3) is 0 Å². The lowest BCUT2D eigenvalue weighted by Crippen LogP contribution is -2.47. The second-order valence-electron chi connectivity index (χ2n) is 5.07. The summed E-state index contributed by atoms with van der Waals surface area (Å²) in [6.45, 7) is 0.913. The highest BCUT2D eigenvalue weighted by Crippen LogP contribution is 2.36. The normalized spacial score (nSPS) is 26.9. The Morgan fingerprint density at radius 3 is 2.53 bits per heavy atom. The Hall–Kier alpha value is -0.340. The molecule has 0 saturated carbocycles. The minimum absolute atomic E-state index is 0.0972. The molecule has 4 nitrogen and oxygen atoms in total. The molecular formula is C11H16BrF3N2O2. The van der Waals surface area contributed by atoms with E-state index in [0.717, 1.165) is 6.42 Å². The Morgan fingerprint density at radius 1 is 1.42 bits per heavy atom. The number of hydrogen-bond acceptors (Lipinski definition) is 3. The Kier molecular flexibility index (Phi) is 4.42. The lowest BCUT2D eigenvalue weighted by Gasteiger charge is -2.37. The molecular weight excluding hydrogens is 329 g/mol. The van der Waals surface area contributed by atoms with Gasteiger partial charge in [0.25, 0.3) is 0 Å². The largest absolute Gasteiger partial charge is 0.389 e. The van der Waals surface area contributed by atoms with Gasteiger partial charge in [0.1, 0.15) is 0 Å². The average molecular weight is 345 g/mol. The Balaban J connectivity index is 1.78. The standard InChI is InChI=1S/C11H16BrF3N2O2/c12-8-7-10(19-16-8)3-5-17(6-4-10)9(18)1-2-11(13,14)15/h8,16H,1-7H2. The van der Waals surface area contributed by atoms with Crippen LogP contribution in [0.4, 0.5) is 13.2 Å². The second-order valence-corrected chi connectivity index (χ2v) is 6.18. The minimum atomic E-state index is -4.27. The molecule has 2 fully saturated rings. The number of rotatable bonds is 2. The number of halogens is 4. The highest BCUT2D eigenvalue weighted by molar-refractivity contribution is 9.09. The van der Waals surface area contributed by atoms with Gasteiger partial charge in [0.2, 0.25) is 5.91 Å². The lowest BCUT2D eigenvalue weighted by molar-refractivity contribution is -0.152. The highest BCUT2D eigenvalue weighted by atomic mass is 79.9. The molecule has 2 rings (SSSR count). The summed E-state index contributed by atoms with van der Waals surface area (Å²) in [6.07, 6.45) is -3.67. The van der Waals surface area contributed by atoms with Crippen molar-refractivity contribution in [2.24, 2.45) is 0 Å². The predicted octanol–water partition coefficient (Wildman–Crippen LogP) is 2.34. The van der Waals surface area contributed by atoms with Gasteiger partial charge < -0.3 is 4.90 Å². The first-order chi connectivity index (χ1) is 8.80. The average Bonchev–Trinajstić information content (AvgIpc) is 2.68. The van der Waals surface area contributed by atoms with Gasteiger partial charge in [-0.3, -0.25) is 9.63 Å². The molecule has 0 radical (unpaired) electrons. The van der Waals surface area contributed by atoms with E-state index in [4.69, 9.17) is 4.84 Å². The number of hydroxylamine groups is 1. The van der Waals surface area contributed by atoms with E-state index >= 15 is 0 Å². The van der Waals surface area contributed by atoms with E-state index in [0.29, 0.717) is 25.9 Å². The Labute approximate surface area is 117 Å². The summed E-state index contributed by atoms with van der Waals surface area (Å²) in [5.74, 6) is -0.423. The van der Waals surface area contributed by atoms with Crippen molar-refractivity contribution in [1.82, 2.24) is 10.4 Å². The Bertz CT molecular complexity index is 343. The highest BCUT2D eigenvalue weighted by Gasteiger charge is 2.43. The number of piperidine rings is 1. The van der Waals surface area contributed by atoms with Gasteiger partial charge in [-0.2, -0.15) is 18.7 Å². The number of amides is 1. The van der Waals surface area contributed by atoms with Crippen molar-refractivity contribution >= 4 is 21.8 Å². The van der Waals surface area contributed by atoms with E-state index in [1.807, 2.05) is 0 Å². The molecule has 0 aromatic carbocycles. The molecule has 2 saturated heterocycles. The van der Waals surface area contributed by atoms with Crippen LogP contribution in [0, 0.1) is 0 Å². The number of carbonyl (C=O) groups excluding carboxylic acids is 1. The zero-order valence-electron chi connectivity index (χ0n) is 10.3.